The van der Waals surface area contributed by atoms with E-state index < -0.39 is 0 Å². The quantitative estimate of drug-likeness (QED) is 0.641. The summed E-state index contributed by atoms with van der Waals surface area (Å²) >= 11 is 0. The Morgan fingerprint density at radius 1 is 1.00 bits per heavy atom. The van der Waals surface area contributed by atoms with E-state index >= 15 is 0 Å². The van der Waals surface area contributed by atoms with E-state index in [1.165, 1.54) is 44.7 Å². The molecule has 2 heterocycles. The van der Waals surface area contributed by atoms with Gasteiger partial charge in [0.1, 0.15) is 0 Å². The minimum atomic E-state index is 1.13. The number of nitrogens with zero attached hydrogens (tertiary/aromatic N) is 1. The van der Waals surface area contributed by atoms with Crippen LogP contribution in [0.1, 0.15) is 19.3 Å². The number of fused-ring (bicyclic) bond motifs is 6. The molecule has 1 aromatic heterocycles. The lowest BCUT2D eigenvalue weighted by molar-refractivity contribution is 0.846. The van der Waals surface area contributed by atoms with Gasteiger partial charge in [-0.25, -0.2) is 4.99 Å². The fraction of sp³-hybridized carbons (Fsp3) is 0.167. The maximum absolute atomic E-state index is 4.80. The molecule has 0 saturated carbocycles. The third-order valence-corrected chi connectivity index (χ3v) is 4.48. The van der Waals surface area contributed by atoms with Crippen molar-refractivity contribution in [3.05, 3.63) is 58.7 Å². The van der Waals surface area contributed by atoms with Crippen LogP contribution in [0.2, 0.25) is 0 Å². The Labute approximate surface area is 116 Å². The zero-order valence-electron chi connectivity index (χ0n) is 11.1. The van der Waals surface area contributed by atoms with Crippen molar-refractivity contribution in [1.29, 1.82) is 0 Å². The predicted molar refractivity (Wildman–Crippen MR) is 81.9 cm³/mol. The Morgan fingerprint density at radius 3 is 2.95 bits per heavy atom. The van der Waals surface area contributed by atoms with Gasteiger partial charge in [-0.1, -0.05) is 30.3 Å². The van der Waals surface area contributed by atoms with Crippen molar-refractivity contribution in [3.63, 3.8) is 0 Å². The van der Waals surface area contributed by atoms with Gasteiger partial charge in [0.25, 0.3) is 0 Å². The van der Waals surface area contributed by atoms with Gasteiger partial charge in [-0.2, -0.15) is 0 Å². The molecule has 0 spiro atoms. The average molecular weight is 258 g/mol. The second kappa shape index (κ2) is 3.60. The Bertz CT molecular complexity index is 1020. The van der Waals surface area contributed by atoms with Crippen LogP contribution in [0.4, 0.5) is 0 Å². The molecule has 0 bridgehead atoms. The number of allylic oxidation sites excluding steroid dienone is 2. The summed E-state index contributed by atoms with van der Waals surface area (Å²) in [6.45, 7) is 0. The van der Waals surface area contributed by atoms with E-state index in [0.717, 1.165) is 18.2 Å². The molecule has 0 atom stereocenters. The van der Waals surface area contributed by atoms with E-state index in [0.29, 0.717) is 0 Å². The van der Waals surface area contributed by atoms with Crippen molar-refractivity contribution in [2.75, 3.05) is 0 Å². The molecule has 1 aliphatic carbocycles. The first-order valence-electron chi connectivity index (χ1n) is 7.24. The third kappa shape index (κ3) is 1.21. The van der Waals surface area contributed by atoms with Crippen molar-refractivity contribution >= 4 is 27.4 Å². The number of hydrogen-bond acceptors (Lipinski definition) is 1. The smallest absolute Gasteiger partial charge is 0.0734 e. The van der Waals surface area contributed by atoms with Crippen LogP contribution in [0.25, 0.3) is 27.4 Å². The van der Waals surface area contributed by atoms with Crippen molar-refractivity contribution in [3.8, 4) is 0 Å². The summed E-state index contributed by atoms with van der Waals surface area (Å²) in [5.41, 5.74) is 5.11. The summed E-state index contributed by atoms with van der Waals surface area (Å²) in [7, 11) is 0. The summed E-state index contributed by atoms with van der Waals surface area (Å²) in [6.07, 6.45) is 5.83. The minimum absolute atomic E-state index is 1.13. The Hall–Kier alpha value is -2.35. The van der Waals surface area contributed by atoms with Crippen LogP contribution in [0.15, 0.2) is 53.2 Å². The van der Waals surface area contributed by atoms with Gasteiger partial charge in [0.05, 0.1) is 16.6 Å². The number of rotatable bonds is 0. The molecule has 5 rings (SSSR count). The number of nitrogens with one attached hydrogen (secondary N) is 1. The van der Waals surface area contributed by atoms with Gasteiger partial charge in [0.15, 0.2) is 0 Å². The lowest BCUT2D eigenvalue weighted by Gasteiger charge is -2.09. The number of aromatic amines is 1. The van der Waals surface area contributed by atoms with E-state index in [1.807, 2.05) is 0 Å². The highest BCUT2D eigenvalue weighted by atomic mass is 14.8. The first-order chi connectivity index (χ1) is 9.92. The molecule has 0 saturated heterocycles. The molecule has 0 unspecified atom stereocenters. The van der Waals surface area contributed by atoms with Gasteiger partial charge in [0.2, 0.25) is 0 Å². The molecular weight excluding hydrogens is 244 g/mol. The van der Waals surface area contributed by atoms with E-state index in [2.05, 4.69) is 47.5 Å². The van der Waals surface area contributed by atoms with E-state index in [9.17, 15) is 0 Å². The molecule has 0 amide bonds. The Morgan fingerprint density at radius 2 is 1.95 bits per heavy atom. The van der Waals surface area contributed by atoms with Crippen LogP contribution in [0.3, 0.4) is 0 Å². The maximum Gasteiger partial charge on any atom is 0.0734 e. The molecule has 20 heavy (non-hydrogen) atoms. The third-order valence-electron chi connectivity index (χ3n) is 4.48. The molecule has 1 N–H and O–H groups in total. The van der Waals surface area contributed by atoms with Crippen LogP contribution in [0, 0.1) is 0 Å². The second-order valence-corrected chi connectivity index (χ2v) is 5.62. The summed E-state index contributed by atoms with van der Waals surface area (Å²) in [4.78, 5) is 8.40. The minimum Gasteiger partial charge on any atom is -0.354 e. The standard InChI is InChI=1S/C18H14N2/c1-3-7-14-11(5-1)12-9-10-16-17(18(12)20-14)13-6-2-4-8-15(13)19-16/h1,3,5,7-10,20H,2,4,6H2. The van der Waals surface area contributed by atoms with E-state index in [-0.39, 0.29) is 0 Å². The first kappa shape index (κ1) is 10.4. The number of para-hydroxylation sites is 1. The lowest BCUT2D eigenvalue weighted by atomic mass is 9.97. The van der Waals surface area contributed by atoms with Crippen LogP contribution < -0.4 is 10.6 Å². The highest BCUT2D eigenvalue weighted by Crippen LogP contribution is 2.29. The van der Waals surface area contributed by atoms with Gasteiger partial charge < -0.3 is 4.98 Å². The van der Waals surface area contributed by atoms with Gasteiger partial charge >= 0.3 is 0 Å². The van der Waals surface area contributed by atoms with Crippen LogP contribution in [-0.4, -0.2) is 4.98 Å². The van der Waals surface area contributed by atoms with E-state index in [4.69, 9.17) is 4.99 Å². The van der Waals surface area contributed by atoms with Crippen molar-refractivity contribution < 1.29 is 0 Å². The molecule has 1 aliphatic heterocycles. The van der Waals surface area contributed by atoms with Gasteiger partial charge in [0, 0.05) is 21.5 Å². The molecule has 0 fully saturated rings. The van der Waals surface area contributed by atoms with Gasteiger partial charge in [-0.15, -0.1) is 0 Å². The predicted octanol–water partition coefficient (Wildman–Crippen LogP) is 3.17. The Balaban J connectivity index is 2.07. The summed E-state index contributed by atoms with van der Waals surface area (Å²) < 4.78 is 0. The average Bonchev–Trinajstić information content (AvgIpc) is 3.04. The number of aromatic nitrogens is 1. The Kier molecular flexibility index (Phi) is 1.88. The lowest BCUT2D eigenvalue weighted by Crippen LogP contribution is -2.24. The van der Waals surface area contributed by atoms with Crippen LogP contribution in [0.5, 0.6) is 0 Å². The zero-order chi connectivity index (χ0) is 13.1. The first-order valence-corrected chi connectivity index (χ1v) is 7.24. The highest BCUT2D eigenvalue weighted by Gasteiger charge is 2.18. The van der Waals surface area contributed by atoms with E-state index in [1.54, 1.807) is 0 Å². The highest BCUT2D eigenvalue weighted by molar-refractivity contribution is 6.07. The van der Waals surface area contributed by atoms with Crippen molar-refractivity contribution in [1.82, 2.24) is 4.98 Å². The van der Waals surface area contributed by atoms with Gasteiger partial charge in [-0.3, -0.25) is 0 Å². The molecule has 3 aromatic rings. The molecule has 2 nitrogen and oxygen atoms in total. The van der Waals surface area contributed by atoms with Crippen molar-refractivity contribution in [2.24, 2.45) is 4.99 Å². The fourth-order valence-electron chi connectivity index (χ4n) is 3.57. The fourth-order valence-corrected chi connectivity index (χ4v) is 3.57. The van der Waals surface area contributed by atoms with Crippen molar-refractivity contribution in [2.45, 2.75) is 19.3 Å². The summed E-state index contributed by atoms with van der Waals surface area (Å²) in [5, 5.41) is 5.09. The SMILES string of the molecule is C1=C2N=c3ccc4c([nH]c5ccccc54)c3=C2CCC1. The maximum atomic E-state index is 4.80. The molecule has 2 heteroatoms. The second-order valence-electron chi connectivity index (χ2n) is 5.62. The molecule has 96 valence electrons. The van der Waals surface area contributed by atoms with Gasteiger partial charge in [-0.05, 0) is 37.0 Å². The number of H-pyrrole nitrogens is 1. The largest absolute Gasteiger partial charge is 0.354 e. The number of benzene rings is 2. The normalized spacial score (nSPS) is 17.0. The summed E-state index contributed by atoms with van der Waals surface area (Å²) in [5.74, 6) is 0. The number of hydrogen-bond donors (Lipinski definition) is 1. The topological polar surface area (TPSA) is 28.1 Å². The van der Waals surface area contributed by atoms with Crippen LogP contribution >= 0.6 is 0 Å². The molecule has 2 aliphatic rings. The van der Waals surface area contributed by atoms with Crippen LogP contribution in [-0.2, 0) is 0 Å². The monoisotopic (exact) mass is 258 g/mol. The summed E-state index contributed by atoms with van der Waals surface area (Å²) in [6, 6.07) is 12.9. The molecular formula is C18H14N2. The molecule has 0 radical (unpaired) electrons. The molecule has 2 aromatic carbocycles. The zero-order valence-corrected chi connectivity index (χ0v) is 11.1.